The van der Waals surface area contributed by atoms with Gasteiger partial charge in [0.15, 0.2) is 0 Å². The van der Waals surface area contributed by atoms with Crippen LogP contribution in [0.4, 0.5) is 0 Å². The normalized spacial score (nSPS) is 35.7. The van der Waals surface area contributed by atoms with Crippen molar-refractivity contribution < 1.29 is 20.1 Å². The molecule has 0 amide bonds. The lowest BCUT2D eigenvalue weighted by atomic mass is 9.60. The number of fused-ring (bicyclic) bond motifs is 1. The van der Waals surface area contributed by atoms with E-state index in [4.69, 9.17) is 9.84 Å². The van der Waals surface area contributed by atoms with Gasteiger partial charge in [0.2, 0.25) is 0 Å². The third kappa shape index (κ3) is 6.63. The number of allylic oxidation sites excluding steroid dienone is 3. The molecule has 3 aliphatic carbocycles. The van der Waals surface area contributed by atoms with E-state index < -0.39 is 11.7 Å². The first-order chi connectivity index (χ1) is 16.1. The zero-order valence-corrected chi connectivity index (χ0v) is 22.2. The van der Waals surface area contributed by atoms with E-state index in [0.29, 0.717) is 30.3 Å². The van der Waals surface area contributed by atoms with Crippen LogP contribution in [0.15, 0.2) is 35.5 Å². The van der Waals surface area contributed by atoms with Crippen LogP contribution >= 0.6 is 0 Å². The van der Waals surface area contributed by atoms with E-state index >= 15 is 0 Å². The molecule has 0 aromatic rings. The molecular formula is C30H50O4. The number of hydrogen-bond acceptors (Lipinski definition) is 4. The lowest BCUT2D eigenvalue weighted by Gasteiger charge is -2.44. The van der Waals surface area contributed by atoms with Crippen LogP contribution in [0.1, 0.15) is 98.3 Å². The molecule has 0 aromatic carbocycles. The Hall–Kier alpha value is -0.940. The summed E-state index contributed by atoms with van der Waals surface area (Å²) in [7, 11) is 0. The van der Waals surface area contributed by atoms with Gasteiger partial charge >= 0.3 is 0 Å². The molecule has 4 heteroatoms. The first-order valence-electron chi connectivity index (χ1n) is 13.8. The summed E-state index contributed by atoms with van der Waals surface area (Å²) in [5, 5.41) is 29.7. The van der Waals surface area contributed by atoms with E-state index in [1.807, 2.05) is 13.8 Å². The van der Waals surface area contributed by atoms with Gasteiger partial charge in [-0.2, -0.15) is 0 Å². The van der Waals surface area contributed by atoms with Crippen molar-refractivity contribution in [3.8, 4) is 0 Å². The average Bonchev–Trinajstić information content (AvgIpc) is 3.13. The van der Waals surface area contributed by atoms with E-state index in [0.717, 1.165) is 42.7 Å². The van der Waals surface area contributed by atoms with Crippen molar-refractivity contribution in [2.75, 3.05) is 13.2 Å². The second kappa shape index (κ2) is 11.9. The molecular weight excluding hydrogens is 424 g/mol. The summed E-state index contributed by atoms with van der Waals surface area (Å²) in [6.07, 6.45) is 15.6. The summed E-state index contributed by atoms with van der Waals surface area (Å²) < 4.78 is 5.77. The second-order valence-corrected chi connectivity index (χ2v) is 12.2. The van der Waals surface area contributed by atoms with Gasteiger partial charge in [-0.1, -0.05) is 51.0 Å². The second-order valence-electron chi connectivity index (χ2n) is 12.2. The van der Waals surface area contributed by atoms with Crippen LogP contribution in [0, 0.1) is 23.2 Å². The van der Waals surface area contributed by atoms with Crippen molar-refractivity contribution in [1.82, 2.24) is 0 Å². The molecule has 0 bridgehead atoms. The fourth-order valence-corrected chi connectivity index (χ4v) is 7.17. The van der Waals surface area contributed by atoms with E-state index in [9.17, 15) is 10.2 Å². The molecule has 0 saturated heterocycles. The third-order valence-electron chi connectivity index (χ3n) is 9.13. The standard InChI is InChI=1S/C30H50O4/c1-21(9-6-17-29(3,4)33)25-14-15-26-24(10-7-18-30(25,26)5)12-11-23-13-16-27(28(32)22(23)2)34-20-8-19-31/h11-12,21,25-28,31-33H,2,6-10,13-20H2,1,3-5H3/b23-11-,24-12+/t21-,25?,26?,27-,28?,30?/m1/s1. The smallest absolute Gasteiger partial charge is 0.105 e. The van der Waals surface area contributed by atoms with Crippen LogP contribution in [-0.4, -0.2) is 46.3 Å². The van der Waals surface area contributed by atoms with Gasteiger partial charge in [-0.15, -0.1) is 0 Å². The molecule has 4 unspecified atom stereocenters. The Morgan fingerprint density at radius 1 is 1.18 bits per heavy atom. The molecule has 3 rings (SSSR count). The van der Waals surface area contributed by atoms with Crippen LogP contribution in [-0.2, 0) is 4.74 Å². The first-order valence-corrected chi connectivity index (χ1v) is 13.8. The van der Waals surface area contributed by atoms with Gasteiger partial charge in [-0.3, -0.25) is 0 Å². The van der Waals surface area contributed by atoms with Crippen LogP contribution in [0.5, 0.6) is 0 Å². The molecule has 0 spiro atoms. The lowest BCUT2D eigenvalue weighted by Crippen LogP contribution is -2.36. The molecule has 0 aliphatic heterocycles. The fraction of sp³-hybridized carbons (Fsp3) is 0.800. The van der Waals surface area contributed by atoms with Crippen molar-refractivity contribution in [2.45, 2.75) is 116 Å². The average molecular weight is 475 g/mol. The topological polar surface area (TPSA) is 69.9 Å². The highest BCUT2D eigenvalue weighted by molar-refractivity contribution is 5.39. The summed E-state index contributed by atoms with van der Waals surface area (Å²) >= 11 is 0. The van der Waals surface area contributed by atoms with Crippen molar-refractivity contribution in [3.63, 3.8) is 0 Å². The third-order valence-corrected chi connectivity index (χ3v) is 9.13. The van der Waals surface area contributed by atoms with E-state index in [1.54, 1.807) is 5.57 Å². The number of aliphatic hydroxyl groups excluding tert-OH is 2. The highest BCUT2D eigenvalue weighted by Gasteiger charge is 2.50. The zero-order chi connectivity index (χ0) is 24.9. The molecule has 3 N–H and O–H groups in total. The van der Waals surface area contributed by atoms with E-state index in [-0.39, 0.29) is 12.7 Å². The highest BCUT2D eigenvalue weighted by atomic mass is 16.5. The van der Waals surface area contributed by atoms with Gasteiger partial charge in [0, 0.05) is 13.2 Å². The minimum atomic E-state index is -0.658. The maximum Gasteiger partial charge on any atom is 0.105 e. The lowest BCUT2D eigenvalue weighted by molar-refractivity contribution is -0.0346. The van der Waals surface area contributed by atoms with Crippen molar-refractivity contribution in [3.05, 3.63) is 35.5 Å². The molecule has 34 heavy (non-hydrogen) atoms. The Labute approximate surface area is 208 Å². The summed E-state index contributed by atoms with van der Waals surface area (Å²) in [5.74, 6) is 2.13. The van der Waals surface area contributed by atoms with Crippen LogP contribution in [0.2, 0.25) is 0 Å². The Bertz CT molecular complexity index is 745. The van der Waals surface area contributed by atoms with Gasteiger partial charge in [-0.25, -0.2) is 0 Å². The highest BCUT2D eigenvalue weighted by Crippen LogP contribution is 2.60. The molecule has 3 saturated carbocycles. The Morgan fingerprint density at radius 2 is 1.94 bits per heavy atom. The fourth-order valence-electron chi connectivity index (χ4n) is 7.17. The predicted molar refractivity (Wildman–Crippen MR) is 139 cm³/mol. The van der Waals surface area contributed by atoms with Gasteiger partial charge < -0.3 is 20.1 Å². The minimum Gasteiger partial charge on any atom is -0.396 e. The number of ether oxygens (including phenoxy) is 1. The van der Waals surface area contributed by atoms with Crippen molar-refractivity contribution in [1.29, 1.82) is 0 Å². The molecule has 3 fully saturated rings. The Kier molecular flexibility index (Phi) is 9.65. The maximum atomic E-state index is 10.7. The first kappa shape index (κ1) is 27.6. The summed E-state index contributed by atoms with van der Waals surface area (Å²) in [5.41, 5.74) is 3.37. The Morgan fingerprint density at radius 3 is 2.65 bits per heavy atom. The van der Waals surface area contributed by atoms with Gasteiger partial charge in [-0.05, 0) is 106 Å². The largest absolute Gasteiger partial charge is 0.396 e. The molecule has 4 nitrogen and oxygen atoms in total. The monoisotopic (exact) mass is 474 g/mol. The predicted octanol–water partition coefficient (Wildman–Crippen LogP) is 6.11. The molecule has 3 aliphatic rings. The SMILES string of the molecule is C=C1/C(=C\C=C2/CCCC3(C)C2CCC3[C@H](C)CCCC(C)(C)O)CC[C@@H](OCCCO)C1O. The number of rotatable bonds is 10. The zero-order valence-electron chi connectivity index (χ0n) is 22.2. The molecule has 0 radical (unpaired) electrons. The quantitative estimate of drug-likeness (QED) is 0.334. The van der Waals surface area contributed by atoms with E-state index in [2.05, 4.69) is 32.6 Å². The maximum absolute atomic E-state index is 10.7. The Balaban J connectivity index is 1.63. The van der Waals surface area contributed by atoms with Crippen LogP contribution < -0.4 is 0 Å². The molecule has 194 valence electrons. The van der Waals surface area contributed by atoms with Crippen molar-refractivity contribution >= 4 is 0 Å². The molecule has 6 atom stereocenters. The summed E-state index contributed by atoms with van der Waals surface area (Å²) in [6.45, 7) is 13.6. The summed E-state index contributed by atoms with van der Waals surface area (Å²) in [6, 6.07) is 0. The molecule has 0 heterocycles. The number of hydrogen-bond donors (Lipinski definition) is 3. The van der Waals surface area contributed by atoms with Crippen LogP contribution in [0.25, 0.3) is 0 Å². The number of aliphatic hydroxyl groups is 3. The van der Waals surface area contributed by atoms with Gasteiger partial charge in [0.05, 0.1) is 11.7 Å². The van der Waals surface area contributed by atoms with Gasteiger partial charge in [0.25, 0.3) is 0 Å². The summed E-state index contributed by atoms with van der Waals surface area (Å²) in [4.78, 5) is 0. The van der Waals surface area contributed by atoms with Crippen LogP contribution in [0.3, 0.4) is 0 Å². The van der Waals surface area contributed by atoms with Gasteiger partial charge in [0.1, 0.15) is 6.10 Å². The minimum absolute atomic E-state index is 0.114. The van der Waals surface area contributed by atoms with Crippen molar-refractivity contribution in [2.24, 2.45) is 23.2 Å². The molecule has 0 aromatic heterocycles. The van der Waals surface area contributed by atoms with E-state index in [1.165, 1.54) is 38.5 Å².